The number of carbonyl (C=O) groups excluding carboxylic acids is 1. The van der Waals surface area contributed by atoms with Crippen molar-refractivity contribution in [1.82, 2.24) is 5.32 Å². The average molecular weight is 289 g/mol. The number of fused-ring (bicyclic) bond motifs is 3. The predicted molar refractivity (Wildman–Crippen MR) is 79.7 cm³/mol. The van der Waals surface area contributed by atoms with Gasteiger partial charge < -0.3 is 15.2 Å². The van der Waals surface area contributed by atoms with Gasteiger partial charge in [0.2, 0.25) is 0 Å². The Morgan fingerprint density at radius 1 is 1.10 bits per heavy atom. The largest absolute Gasteiger partial charge is 0.445 e. The van der Waals surface area contributed by atoms with Gasteiger partial charge in [-0.1, -0.05) is 30.3 Å². The number of amides is 1. The molecule has 3 aliphatic rings. The van der Waals surface area contributed by atoms with Gasteiger partial charge in [0.25, 0.3) is 0 Å². The molecule has 4 rings (SSSR count). The molecule has 0 saturated heterocycles. The lowest BCUT2D eigenvalue weighted by Crippen LogP contribution is -2.57. The SMILES string of the molecule is O=C(NC12CCC(CO)(CC1)CC2)OCc1ccccc1. The molecule has 0 unspecified atom stereocenters. The van der Waals surface area contributed by atoms with Gasteiger partial charge in [-0.25, -0.2) is 4.79 Å². The fourth-order valence-electron chi connectivity index (χ4n) is 3.66. The standard InChI is InChI=1S/C17H23NO3/c19-13-16-6-9-17(10-7-16,11-8-16)18-15(20)21-12-14-4-2-1-3-5-14/h1-5,19H,6-13H2,(H,18,20). The lowest BCUT2D eigenvalue weighted by molar-refractivity contribution is -0.0173. The number of ether oxygens (including phenoxy) is 1. The molecule has 3 fully saturated rings. The first kappa shape index (κ1) is 14.4. The van der Waals surface area contributed by atoms with Crippen LogP contribution in [0.4, 0.5) is 4.79 Å². The second-order valence-corrected chi connectivity index (χ2v) is 6.63. The lowest BCUT2D eigenvalue weighted by atomic mass is 9.57. The van der Waals surface area contributed by atoms with Crippen LogP contribution in [0.15, 0.2) is 30.3 Å². The van der Waals surface area contributed by atoms with Crippen LogP contribution in [0.25, 0.3) is 0 Å². The highest BCUT2D eigenvalue weighted by molar-refractivity contribution is 5.68. The molecule has 0 spiro atoms. The Morgan fingerprint density at radius 2 is 1.71 bits per heavy atom. The summed E-state index contributed by atoms with van der Waals surface area (Å²) in [5.74, 6) is 0. The average Bonchev–Trinajstić information content (AvgIpc) is 2.55. The first-order valence-corrected chi connectivity index (χ1v) is 7.75. The van der Waals surface area contributed by atoms with Gasteiger partial charge in [-0.2, -0.15) is 0 Å². The Hall–Kier alpha value is -1.55. The Labute approximate surface area is 125 Å². The Balaban J connectivity index is 1.52. The van der Waals surface area contributed by atoms with Gasteiger partial charge in [0.1, 0.15) is 6.61 Å². The number of hydrogen-bond donors (Lipinski definition) is 2. The van der Waals surface area contributed by atoms with Crippen LogP contribution in [0.5, 0.6) is 0 Å². The molecule has 0 heterocycles. The summed E-state index contributed by atoms with van der Waals surface area (Å²) < 4.78 is 5.33. The van der Waals surface area contributed by atoms with E-state index < -0.39 is 0 Å². The minimum absolute atomic E-state index is 0.106. The highest BCUT2D eigenvalue weighted by Gasteiger charge is 2.49. The zero-order valence-corrected chi connectivity index (χ0v) is 12.3. The summed E-state index contributed by atoms with van der Waals surface area (Å²) in [4.78, 5) is 12.0. The molecule has 0 radical (unpaired) electrons. The molecule has 1 aromatic rings. The van der Waals surface area contributed by atoms with Crippen molar-refractivity contribution in [2.75, 3.05) is 6.61 Å². The summed E-state index contributed by atoms with van der Waals surface area (Å²) in [6.45, 7) is 0.588. The first-order chi connectivity index (χ1) is 10.2. The third-order valence-corrected chi connectivity index (χ3v) is 5.32. The molecule has 3 saturated carbocycles. The van der Waals surface area contributed by atoms with E-state index in [-0.39, 0.29) is 23.7 Å². The number of hydrogen-bond acceptors (Lipinski definition) is 3. The minimum atomic E-state index is -0.322. The smallest absolute Gasteiger partial charge is 0.407 e. The number of carbonyl (C=O) groups is 1. The van der Waals surface area contributed by atoms with Crippen LogP contribution in [0.1, 0.15) is 44.1 Å². The van der Waals surface area contributed by atoms with Crippen LogP contribution in [0, 0.1) is 5.41 Å². The maximum Gasteiger partial charge on any atom is 0.407 e. The van der Waals surface area contributed by atoms with E-state index in [1.54, 1.807) is 0 Å². The zero-order valence-electron chi connectivity index (χ0n) is 12.3. The minimum Gasteiger partial charge on any atom is -0.445 e. The van der Waals surface area contributed by atoms with Crippen LogP contribution >= 0.6 is 0 Å². The molecule has 0 aromatic heterocycles. The lowest BCUT2D eigenvalue weighted by Gasteiger charge is -2.52. The molecule has 4 heteroatoms. The number of alkyl carbamates (subject to hydrolysis) is 1. The quantitative estimate of drug-likeness (QED) is 0.896. The summed E-state index contributed by atoms with van der Waals surface area (Å²) in [7, 11) is 0. The predicted octanol–water partition coefficient (Wildman–Crippen LogP) is 3.00. The summed E-state index contributed by atoms with van der Waals surface area (Å²) in [6.07, 6.45) is 5.54. The van der Waals surface area contributed by atoms with Crippen molar-refractivity contribution < 1.29 is 14.6 Å². The summed E-state index contributed by atoms with van der Waals surface area (Å²) in [5, 5.41) is 12.6. The summed E-state index contributed by atoms with van der Waals surface area (Å²) in [5.41, 5.74) is 1.01. The fourth-order valence-corrected chi connectivity index (χ4v) is 3.66. The van der Waals surface area contributed by atoms with Crippen molar-refractivity contribution in [3.8, 4) is 0 Å². The monoisotopic (exact) mass is 289 g/mol. The van der Waals surface area contributed by atoms with Crippen LogP contribution in [-0.2, 0) is 11.3 Å². The van der Waals surface area contributed by atoms with Gasteiger partial charge in [0.15, 0.2) is 0 Å². The highest BCUT2D eigenvalue weighted by Crippen LogP contribution is 2.51. The summed E-state index contributed by atoms with van der Waals surface area (Å²) in [6, 6.07) is 9.71. The van der Waals surface area contributed by atoms with Crippen LogP contribution in [0.2, 0.25) is 0 Å². The molecular weight excluding hydrogens is 266 g/mol. The van der Waals surface area contributed by atoms with Gasteiger partial charge in [0, 0.05) is 12.1 Å². The number of nitrogens with one attached hydrogen (secondary N) is 1. The van der Waals surface area contributed by atoms with E-state index in [2.05, 4.69) is 5.32 Å². The van der Waals surface area contributed by atoms with Gasteiger partial charge in [-0.3, -0.25) is 0 Å². The molecule has 1 aromatic carbocycles. The third kappa shape index (κ3) is 3.05. The summed E-state index contributed by atoms with van der Waals surface area (Å²) >= 11 is 0. The van der Waals surface area contributed by atoms with E-state index in [1.165, 1.54) is 0 Å². The first-order valence-electron chi connectivity index (χ1n) is 7.75. The Morgan fingerprint density at radius 3 is 2.29 bits per heavy atom. The highest BCUT2D eigenvalue weighted by atomic mass is 16.5. The molecule has 21 heavy (non-hydrogen) atoms. The van der Waals surface area contributed by atoms with Crippen molar-refractivity contribution in [1.29, 1.82) is 0 Å². The number of rotatable bonds is 4. The molecule has 2 N–H and O–H groups in total. The Bertz CT molecular complexity index is 475. The number of aliphatic hydroxyl groups is 1. The molecule has 2 bridgehead atoms. The van der Waals surface area contributed by atoms with Gasteiger partial charge in [-0.15, -0.1) is 0 Å². The van der Waals surface area contributed by atoms with Gasteiger partial charge in [0.05, 0.1) is 0 Å². The van der Waals surface area contributed by atoms with Gasteiger partial charge >= 0.3 is 6.09 Å². The van der Waals surface area contributed by atoms with E-state index in [4.69, 9.17) is 4.74 Å². The van der Waals surface area contributed by atoms with Crippen LogP contribution in [-0.4, -0.2) is 23.3 Å². The molecule has 0 aliphatic heterocycles. The number of aliphatic hydroxyl groups excluding tert-OH is 1. The molecule has 0 atom stereocenters. The molecule has 4 nitrogen and oxygen atoms in total. The van der Waals surface area contributed by atoms with E-state index in [9.17, 15) is 9.90 Å². The normalized spacial score (nSPS) is 30.9. The maximum atomic E-state index is 12.0. The van der Waals surface area contributed by atoms with Gasteiger partial charge in [-0.05, 0) is 49.5 Å². The molecular formula is C17H23NO3. The second kappa shape index (κ2) is 5.68. The Kier molecular flexibility index (Phi) is 3.89. The van der Waals surface area contributed by atoms with Crippen LogP contribution < -0.4 is 5.32 Å². The molecule has 3 aliphatic carbocycles. The van der Waals surface area contributed by atoms with E-state index >= 15 is 0 Å². The fraction of sp³-hybridized carbons (Fsp3) is 0.588. The zero-order chi connectivity index (χ0) is 14.8. The van der Waals surface area contributed by atoms with Crippen molar-refractivity contribution >= 4 is 6.09 Å². The van der Waals surface area contributed by atoms with E-state index in [0.29, 0.717) is 6.61 Å². The molecule has 1 amide bonds. The topological polar surface area (TPSA) is 58.6 Å². The second-order valence-electron chi connectivity index (χ2n) is 6.63. The number of benzene rings is 1. The van der Waals surface area contributed by atoms with E-state index in [1.807, 2.05) is 30.3 Å². The van der Waals surface area contributed by atoms with Crippen LogP contribution in [0.3, 0.4) is 0 Å². The van der Waals surface area contributed by atoms with Crippen molar-refractivity contribution in [2.24, 2.45) is 5.41 Å². The third-order valence-electron chi connectivity index (χ3n) is 5.32. The van der Waals surface area contributed by atoms with Crippen molar-refractivity contribution in [3.05, 3.63) is 35.9 Å². The molecule has 114 valence electrons. The van der Waals surface area contributed by atoms with E-state index in [0.717, 1.165) is 44.1 Å². The maximum absolute atomic E-state index is 12.0. The van der Waals surface area contributed by atoms with Crippen molar-refractivity contribution in [2.45, 2.75) is 50.7 Å². The van der Waals surface area contributed by atoms with Crippen molar-refractivity contribution in [3.63, 3.8) is 0 Å².